The van der Waals surface area contributed by atoms with Gasteiger partial charge in [-0.1, -0.05) is 42.5 Å². The molecule has 0 aromatic heterocycles. The van der Waals surface area contributed by atoms with Crippen molar-refractivity contribution in [1.29, 1.82) is 0 Å². The number of carbonyl (C=O) groups excluding carboxylic acids is 1. The summed E-state index contributed by atoms with van der Waals surface area (Å²) in [7, 11) is 2.30. The van der Waals surface area contributed by atoms with E-state index >= 15 is 0 Å². The average molecular weight is 398 g/mol. The first-order chi connectivity index (χ1) is 14.2. The number of likely N-dealkylation sites (N-methyl/N-ethyl adjacent to an activating group) is 1. The van der Waals surface area contributed by atoms with Gasteiger partial charge in [-0.15, -0.1) is 0 Å². The first-order valence-electron chi connectivity index (χ1n) is 11.8. The number of quaternary nitrogens is 2. The molecule has 2 N–H and O–H groups in total. The van der Waals surface area contributed by atoms with E-state index in [2.05, 4.69) is 54.4 Å². The second kappa shape index (κ2) is 9.90. The van der Waals surface area contributed by atoms with Crippen LogP contribution in [-0.2, 0) is 4.79 Å². The monoisotopic (exact) mass is 397 g/mol. The second-order valence-corrected chi connectivity index (χ2v) is 9.60. The Morgan fingerprint density at radius 2 is 1.90 bits per heavy atom. The lowest BCUT2D eigenvalue weighted by molar-refractivity contribution is -1.00. The summed E-state index contributed by atoms with van der Waals surface area (Å²) in [6, 6.07) is 10.6. The Morgan fingerprint density at radius 1 is 1.10 bits per heavy atom. The van der Waals surface area contributed by atoms with Gasteiger partial charge in [-0.3, -0.25) is 4.79 Å². The fourth-order valence-electron chi connectivity index (χ4n) is 5.20. The van der Waals surface area contributed by atoms with Crippen LogP contribution in [0.5, 0.6) is 0 Å². The zero-order valence-corrected chi connectivity index (χ0v) is 18.1. The number of hydrogen-bond acceptors (Lipinski definition) is 1. The lowest BCUT2D eigenvalue weighted by Crippen LogP contribution is -3.27. The highest BCUT2D eigenvalue weighted by Gasteiger charge is 2.45. The third kappa shape index (κ3) is 5.70. The molecule has 2 fully saturated rings. The van der Waals surface area contributed by atoms with E-state index in [4.69, 9.17) is 0 Å². The number of piperazine rings is 1. The fraction of sp³-hybridized carbons (Fsp3) is 0.640. The van der Waals surface area contributed by atoms with Crippen LogP contribution < -0.4 is 9.80 Å². The zero-order valence-electron chi connectivity index (χ0n) is 18.1. The number of nitrogens with zero attached hydrogens (tertiary/aromatic N) is 1. The summed E-state index contributed by atoms with van der Waals surface area (Å²) < 4.78 is 0. The number of hydrogen-bond donors (Lipinski definition) is 2. The van der Waals surface area contributed by atoms with E-state index in [1.807, 2.05) is 0 Å². The molecule has 4 nitrogen and oxygen atoms in total. The van der Waals surface area contributed by atoms with Crippen molar-refractivity contribution in [3.8, 4) is 0 Å². The Labute approximate surface area is 176 Å². The Morgan fingerprint density at radius 3 is 2.62 bits per heavy atom. The lowest BCUT2D eigenvalue weighted by Gasteiger charge is -2.30. The SMILES string of the molecule is C[NH+]1CC[NH+](CCCN(C[C@@H]2CC=CCC2)C(=O)[C@H]2C[C@H]2c2ccccc2)CC1. The molecule has 4 heteroatoms. The van der Waals surface area contributed by atoms with Gasteiger partial charge in [0.2, 0.25) is 5.91 Å². The molecule has 4 rings (SSSR count). The van der Waals surface area contributed by atoms with Crippen LogP contribution in [0, 0.1) is 11.8 Å². The summed E-state index contributed by atoms with van der Waals surface area (Å²) >= 11 is 0. The molecule has 3 aliphatic rings. The van der Waals surface area contributed by atoms with Crippen LogP contribution in [0.1, 0.15) is 43.6 Å². The van der Waals surface area contributed by atoms with E-state index in [0.717, 1.165) is 32.4 Å². The van der Waals surface area contributed by atoms with Crippen LogP contribution in [0.4, 0.5) is 0 Å². The summed E-state index contributed by atoms with van der Waals surface area (Å²) in [5.74, 6) is 1.74. The highest BCUT2D eigenvalue weighted by atomic mass is 16.2. The van der Waals surface area contributed by atoms with Crippen molar-refractivity contribution >= 4 is 5.91 Å². The Bertz CT molecular complexity index is 681. The maximum absolute atomic E-state index is 13.4. The van der Waals surface area contributed by atoms with Crippen LogP contribution in [0.3, 0.4) is 0 Å². The quantitative estimate of drug-likeness (QED) is 0.624. The average Bonchev–Trinajstić information content (AvgIpc) is 3.56. The van der Waals surface area contributed by atoms with Gasteiger partial charge in [-0.05, 0) is 43.1 Å². The molecule has 1 aromatic rings. The van der Waals surface area contributed by atoms with E-state index in [1.54, 1.807) is 9.80 Å². The van der Waals surface area contributed by atoms with E-state index in [9.17, 15) is 4.79 Å². The van der Waals surface area contributed by atoms with Gasteiger partial charge in [0.15, 0.2) is 0 Å². The first-order valence-corrected chi connectivity index (χ1v) is 11.8. The largest absolute Gasteiger partial charge is 0.342 e. The van der Waals surface area contributed by atoms with E-state index in [1.165, 1.54) is 51.1 Å². The standard InChI is InChI=1S/C25H37N3O/c1-26-15-17-27(18-16-26)13-8-14-28(20-21-9-4-2-5-10-21)25(29)24-19-23(24)22-11-6-3-7-12-22/h2-4,6-7,11-12,21,23-24H,5,8-10,13-20H2,1H3/p+2/t21-,23+,24+/m1/s1. The second-order valence-electron chi connectivity index (χ2n) is 9.60. The number of rotatable bonds is 8. The molecular formula is C25H39N3O+2. The molecular weight excluding hydrogens is 358 g/mol. The number of benzene rings is 1. The molecule has 1 saturated carbocycles. The van der Waals surface area contributed by atoms with Gasteiger partial charge < -0.3 is 14.7 Å². The summed E-state index contributed by atoms with van der Waals surface area (Å²) in [4.78, 5) is 19.0. The molecule has 0 spiro atoms. The Balaban J connectivity index is 1.32. The number of nitrogens with one attached hydrogen (secondary N) is 2. The molecule has 3 atom stereocenters. The first kappa shape index (κ1) is 20.6. The Kier molecular flexibility index (Phi) is 7.04. The maximum atomic E-state index is 13.4. The maximum Gasteiger partial charge on any atom is 0.226 e. The minimum absolute atomic E-state index is 0.219. The van der Waals surface area contributed by atoms with Crippen LogP contribution in [0.15, 0.2) is 42.5 Å². The molecule has 158 valence electrons. The molecule has 29 heavy (non-hydrogen) atoms. The Hall–Kier alpha value is -1.65. The van der Waals surface area contributed by atoms with Gasteiger partial charge >= 0.3 is 0 Å². The van der Waals surface area contributed by atoms with Crippen molar-refractivity contribution in [3.05, 3.63) is 48.0 Å². The zero-order chi connectivity index (χ0) is 20.1. The number of amides is 1. The minimum Gasteiger partial charge on any atom is -0.342 e. The van der Waals surface area contributed by atoms with E-state index in [0.29, 0.717) is 17.7 Å². The molecule has 2 aliphatic carbocycles. The van der Waals surface area contributed by atoms with E-state index < -0.39 is 0 Å². The van der Waals surface area contributed by atoms with Crippen LogP contribution in [0.2, 0.25) is 0 Å². The predicted molar refractivity (Wildman–Crippen MR) is 117 cm³/mol. The molecule has 0 bridgehead atoms. The number of allylic oxidation sites excluding steroid dienone is 2. The summed E-state index contributed by atoms with van der Waals surface area (Å²) in [5.41, 5.74) is 1.34. The summed E-state index contributed by atoms with van der Waals surface area (Å²) in [6.07, 6.45) is 10.4. The van der Waals surface area contributed by atoms with Crippen molar-refractivity contribution in [2.75, 3.05) is 52.9 Å². The van der Waals surface area contributed by atoms with Crippen molar-refractivity contribution in [2.45, 2.75) is 38.0 Å². The third-order valence-corrected chi connectivity index (χ3v) is 7.27. The lowest BCUT2D eigenvalue weighted by atomic mass is 9.93. The molecule has 1 aromatic carbocycles. The van der Waals surface area contributed by atoms with Crippen LogP contribution in [-0.4, -0.2) is 63.7 Å². The van der Waals surface area contributed by atoms with Crippen molar-refractivity contribution in [2.24, 2.45) is 11.8 Å². The van der Waals surface area contributed by atoms with Crippen LogP contribution in [0.25, 0.3) is 0 Å². The van der Waals surface area contributed by atoms with Gasteiger partial charge in [0.25, 0.3) is 0 Å². The van der Waals surface area contributed by atoms with Gasteiger partial charge in [-0.25, -0.2) is 0 Å². The molecule has 1 aliphatic heterocycles. The summed E-state index contributed by atoms with van der Waals surface area (Å²) in [5, 5.41) is 0. The fourth-order valence-corrected chi connectivity index (χ4v) is 5.20. The predicted octanol–water partition coefficient (Wildman–Crippen LogP) is 0.778. The van der Waals surface area contributed by atoms with Gasteiger partial charge in [0.05, 0.1) is 13.6 Å². The molecule has 1 saturated heterocycles. The normalized spacial score (nSPS) is 31.4. The summed E-state index contributed by atoms with van der Waals surface area (Å²) in [6.45, 7) is 8.26. The van der Waals surface area contributed by atoms with E-state index in [-0.39, 0.29) is 5.92 Å². The van der Waals surface area contributed by atoms with Crippen LogP contribution >= 0.6 is 0 Å². The molecule has 1 amide bonds. The third-order valence-electron chi connectivity index (χ3n) is 7.27. The topological polar surface area (TPSA) is 29.2 Å². The van der Waals surface area contributed by atoms with Gasteiger partial charge in [0, 0.05) is 25.4 Å². The molecule has 0 radical (unpaired) electrons. The van der Waals surface area contributed by atoms with Crippen molar-refractivity contribution in [3.63, 3.8) is 0 Å². The highest BCUT2D eigenvalue weighted by molar-refractivity contribution is 5.83. The van der Waals surface area contributed by atoms with Gasteiger partial charge in [-0.2, -0.15) is 0 Å². The molecule has 0 unspecified atom stereocenters. The van der Waals surface area contributed by atoms with Gasteiger partial charge in [0.1, 0.15) is 26.2 Å². The smallest absolute Gasteiger partial charge is 0.226 e. The number of carbonyl (C=O) groups is 1. The van der Waals surface area contributed by atoms with Crippen molar-refractivity contribution in [1.82, 2.24) is 4.90 Å². The van der Waals surface area contributed by atoms with Crippen molar-refractivity contribution < 1.29 is 14.6 Å². The minimum atomic E-state index is 0.219. The highest BCUT2D eigenvalue weighted by Crippen LogP contribution is 2.48. The molecule has 1 heterocycles.